The maximum atomic E-state index is 11.8. The van der Waals surface area contributed by atoms with Crippen molar-refractivity contribution in [2.24, 2.45) is 0 Å². The van der Waals surface area contributed by atoms with Crippen molar-refractivity contribution >= 4 is 0 Å². The van der Waals surface area contributed by atoms with Crippen LogP contribution in [0.25, 0.3) is 0 Å². The molecule has 0 radical (unpaired) electrons. The molecule has 0 atom stereocenters. The van der Waals surface area contributed by atoms with Crippen molar-refractivity contribution in [1.29, 1.82) is 0 Å². The van der Waals surface area contributed by atoms with Crippen LogP contribution in [0.5, 0.6) is 11.5 Å². The SMILES string of the molecule is FC(F)(F)Oc1ccccc1OC(F)(F)F. The minimum Gasteiger partial charge on any atom is -0.402 e. The van der Waals surface area contributed by atoms with E-state index in [2.05, 4.69) is 9.47 Å². The third kappa shape index (κ3) is 4.28. The standard InChI is InChI=1S/C8H4F6O2/c9-7(10,11)15-5-3-1-2-4-6(5)16-8(12,13)14/h1-4H. The Morgan fingerprint density at radius 2 is 1.00 bits per heavy atom. The summed E-state index contributed by atoms with van der Waals surface area (Å²) in [6, 6.07) is 3.61. The minimum atomic E-state index is -5.08. The molecule has 0 unspecified atom stereocenters. The summed E-state index contributed by atoms with van der Waals surface area (Å²) < 4.78 is 77.5. The van der Waals surface area contributed by atoms with Gasteiger partial charge >= 0.3 is 12.7 Å². The van der Waals surface area contributed by atoms with E-state index in [-0.39, 0.29) is 0 Å². The van der Waals surface area contributed by atoms with E-state index in [9.17, 15) is 26.3 Å². The number of alkyl halides is 6. The Balaban J connectivity index is 2.92. The predicted octanol–water partition coefficient (Wildman–Crippen LogP) is 3.48. The van der Waals surface area contributed by atoms with Gasteiger partial charge in [-0.2, -0.15) is 0 Å². The van der Waals surface area contributed by atoms with Crippen LogP contribution in [0.4, 0.5) is 26.3 Å². The number of ether oxygens (including phenoxy) is 2. The maximum absolute atomic E-state index is 11.8. The van der Waals surface area contributed by atoms with Crippen LogP contribution in [-0.2, 0) is 0 Å². The normalized spacial score (nSPS) is 12.4. The van der Waals surface area contributed by atoms with Crippen molar-refractivity contribution in [2.45, 2.75) is 12.7 Å². The lowest BCUT2D eigenvalue weighted by atomic mass is 10.3. The highest BCUT2D eigenvalue weighted by molar-refractivity contribution is 5.39. The van der Waals surface area contributed by atoms with Crippen molar-refractivity contribution in [3.63, 3.8) is 0 Å². The lowest BCUT2D eigenvalue weighted by molar-refractivity contribution is -0.287. The second-order valence-electron chi connectivity index (χ2n) is 2.54. The molecule has 0 bridgehead atoms. The Kier molecular flexibility index (Phi) is 3.20. The molecule has 1 aromatic rings. The van der Waals surface area contributed by atoms with Gasteiger partial charge in [0.15, 0.2) is 11.5 Å². The zero-order valence-corrected chi connectivity index (χ0v) is 7.39. The fourth-order valence-electron chi connectivity index (χ4n) is 0.868. The van der Waals surface area contributed by atoms with Gasteiger partial charge in [-0.15, -0.1) is 26.3 Å². The summed E-state index contributed by atoms with van der Waals surface area (Å²) in [5.74, 6) is -2.10. The zero-order chi connectivity index (χ0) is 12.4. The smallest absolute Gasteiger partial charge is 0.402 e. The Hall–Kier alpha value is -1.60. The molecule has 0 saturated heterocycles. The lowest BCUT2D eigenvalue weighted by Gasteiger charge is -2.14. The molecule has 1 rings (SSSR count). The minimum absolute atomic E-state index is 0.717. The zero-order valence-electron chi connectivity index (χ0n) is 7.39. The molecule has 0 amide bonds. The summed E-state index contributed by atoms with van der Waals surface area (Å²) in [5, 5.41) is 0. The molecule has 0 aliphatic heterocycles. The maximum Gasteiger partial charge on any atom is 0.573 e. The van der Waals surface area contributed by atoms with Gasteiger partial charge in [0.25, 0.3) is 0 Å². The van der Waals surface area contributed by atoms with Gasteiger partial charge in [0.05, 0.1) is 0 Å². The number of hydrogen-bond acceptors (Lipinski definition) is 2. The van der Waals surface area contributed by atoms with Gasteiger partial charge in [0, 0.05) is 0 Å². The molecule has 2 nitrogen and oxygen atoms in total. The first kappa shape index (κ1) is 12.5. The summed E-state index contributed by atoms with van der Waals surface area (Å²) in [6.45, 7) is 0. The Morgan fingerprint density at radius 3 is 1.25 bits per heavy atom. The molecule has 0 aliphatic carbocycles. The van der Waals surface area contributed by atoms with E-state index in [1.54, 1.807) is 0 Å². The van der Waals surface area contributed by atoms with Gasteiger partial charge in [0.2, 0.25) is 0 Å². The largest absolute Gasteiger partial charge is 0.573 e. The molecule has 0 aliphatic rings. The van der Waals surface area contributed by atoms with E-state index in [4.69, 9.17) is 0 Å². The van der Waals surface area contributed by atoms with Crippen LogP contribution < -0.4 is 9.47 Å². The summed E-state index contributed by atoms with van der Waals surface area (Å²) in [5.41, 5.74) is 0. The average Bonchev–Trinajstić information content (AvgIpc) is 2.03. The van der Waals surface area contributed by atoms with Crippen molar-refractivity contribution in [3.05, 3.63) is 24.3 Å². The number of halogens is 6. The molecule has 0 heterocycles. The number of rotatable bonds is 2. The quantitative estimate of drug-likeness (QED) is 0.743. The molecule has 90 valence electrons. The van der Waals surface area contributed by atoms with Gasteiger partial charge in [-0.25, -0.2) is 0 Å². The molecule has 1 aromatic carbocycles. The van der Waals surface area contributed by atoms with Crippen LogP contribution in [0.1, 0.15) is 0 Å². The van der Waals surface area contributed by atoms with Crippen LogP contribution in [-0.4, -0.2) is 12.7 Å². The molecule has 0 aromatic heterocycles. The van der Waals surface area contributed by atoms with E-state index in [0.717, 1.165) is 12.1 Å². The molecular weight excluding hydrogens is 242 g/mol. The Labute approximate surface area is 85.4 Å². The van der Waals surface area contributed by atoms with Crippen molar-refractivity contribution in [2.75, 3.05) is 0 Å². The summed E-state index contributed by atoms with van der Waals surface area (Å²) >= 11 is 0. The van der Waals surface area contributed by atoms with Crippen molar-refractivity contribution in [3.8, 4) is 11.5 Å². The van der Waals surface area contributed by atoms with Crippen LogP contribution >= 0.6 is 0 Å². The Bertz CT molecular complexity index is 321. The van der Waals surface area contributed by atoms with Gasteiger partial charge in [-0.1, -0.05) is 12.1 Å². The lowest BCUT2D eigenvalue weighted by Crippen LogP contribution is -2.21. The third-order valence-corrected chi connectivity index (χ3v) is 1.30. The van der Waals surface area contributed by atoms with Crippen LogP contribution in [0, 0.1) is 0 Å². The first-order chi connectivity index (χ1) is 7.17. The molecule has 0 N–H and O–H groups in total. The van der Waals surface area contributed by atoms with Gasteiger partial charge in [0.1, 0.15) is 0 Å². The molecule has 16 heavy (non-hydrogen) atoms. The monoisotopic (exact) mass is 246 g/mol. The van der Waals surface area contributed by atoms with E-state index in [0.29, 0.717) is 12.1 Å². The van der Waals surface area contributed by atoms with E-state index in [1.165, 1.54) is 0 Å². The molecule has 0 saturated carbocycles. The summed E-state index contributed by atoms with van der Waals surface area (Å²) in [4.78, 5) is 0. The highest BCUT2D eigenvalue weighted by atomic mass is 19.4. The summed E-state index contributed by atoms with van der Waals surface area (Å²) in [7, 11) is 0. The van der Waals surface area contributed by atoms with E-state index < -0.39 is 24.2 Å². The molecular formula is C8H4F6O2. The molecule has 0 fully saturated rings. The van der Waals surface area contributed by atoms with Crippen LogP contribution in [0.15, 0.2) is 24.3 Å². The molecule has 8 heteroatoms. The first-order valence-electron chi connectivity index (χ1n) is 3.78. The van der Waals surface area contributed by atoms with Crippen molar-refractivity contribution in [1.82, 2.24) is 0 Å². The second kappa shape index (κ2) is 4.11. The van der Waals surface area contributed by atoms with E-state index in [1.807, 2.05) is 0 Å². The number of para-hydroxylation sites is 2. The van der Waals surface area contributed by atoms with Gasteiger partial charge < -0.3 is 9.47 Å². The van der Waals surface area contributed by atoms with Gasteiger partial charge in [-0.05, 0) is 12.1 Å². The third-order valence-electron chi connectivity index (χ3n) is 1.30. The highest BCUT2D eigenvalue weighted by Gasteiger charge is 2.36. The number of benzene rings is 1. The topological polar surface area (TPSA) is 18.5 Å². The Morgan fingerprint density at radius 1 is 0.688 bits per heavy atom. The average molecular weight is 246 g/mol. The second-order valence-corrected chi connectivity index (χ2v) is 2.54. The number of hydrogen-bond donors (Lipinski definition) is 0. The fraction of sp³-hybridized carbons (Fsp3) is 0.250. The van der Waals surface area contributed by atoms with E-state index >= 15 is 0 Å². The predicted molar refractivity (Wildman–Crippen MR) is 39.8 cm³/mol. The van der Waals surface area contributed by atoms with Gasteiger partial charge in [-0.3, -0.25) is 0 Å². The van der Waals surface area contributed by atoms with Crippen molar-refractivity contribution < 1.29 is 35.8 Å². The molecule has 0 spiro atoms. The summed E-state index contributed by atoms with van der Waals surface area (Å²) in [6.07, 6.45) is -10.2. The first-order valence-corrected chi connectivity index (χ1v) is 3.78. The van der Waals surface area contributed by atoms with Crippen LogP contribution in [0.2, 0.25) is 0 Å². The highest BCUT2D eigenvalue weighted by Crippen LogP contribution is 2.34. The fourth-order valence-corrected chi connectivity index (χ4v) is 0.868. The van der Waals surface area contributed by atoms with Crippen LogP contribution in [0.3, 0.4) is 0 Å².